The number of carbonyl (C=O) groups excluding carboxylic acids is 1. The maximum atomic E-state index is 12.3. The van der Waals surface area contributed by atoms with Crippen LogP contribution in [0.5, 0.6) is 11.5 Å². The molecule has 0 aliphatic carbocycles. The van der Waals surface area contributed by atoms with Crippen molar-refractivity contribution in [2.75, 3.05) is 18.5 Å². The summed E-state index contributed by atoms with van der Waals surface area (Å²) in [7, 11) is 0. The fourth-order valence-electron chi connectivity index (χ4n) is 2.31. The Kier molecular flexibility index (Phi) is 5.95. The highest BCUT2D eigenvalue weighted by Crippen LogP contribution is 2.30. The molecule has 0 aliphatic heterocycles. The van der Waals surface area contributed by atoms with Gasteiger partial charge in [0.1, 0.15) is 6.54 Å². The van der Waals surface area contributed by atoms with Gasteiger partial charge in [-0.15, -0.1) is 5.10 Å². The van der Waals surface area contributed by atoms with Gasteiger partial charge in [0.05, 0.1) is 13.2 Å². The van der Waals surface area contributed by atoms with Gasteiger partial charge in [-0.3, -0.25) is 4.79 Å². The van der Waals surface area contributed by atoms with Crippen molar-refractivity contribution in [1.29, 1.82) is 0 Å². The highest BCUT2D eigenvalue weighted by molar-refractivity contribution is 5.90. The van der Waals surface area contributed by atoms with E-state index in [2.05, 4.69) is 20.8 Å². The van der Waals surface area contributed by atoms with Crippen molar-refractivity contribution in [2.24, 2.45) is 0 Å². The Morgan fingerprint density at radius 2 is 1.84 bits per heavy atom. The summed E-state index contributed by atoms with van der Waals surface area (Å²) in [5.74, 6) is 1.69. The molecule has 1 aromatic carbocycles. The lowest BCUT2D eigenvalue weighted by Gasteiger charge is -2.17. The van der Waals surface area contributed by atoms with Crippen LogP contribution in [-0.2, 0) is 16.8 Å². The summed E-state index contributed by atoms with van der Waals surface area (Å²) in [6.07, 6.45) is 0. The summed E-state index contributed by atoms with van der Waals surface area (Å²) in [4.78, 5) is 12.3. The van der Waals surface area contributed by atoms with Crippen molar-refractivity contribution in [3.8, 4) is 11.5 Å². The Labute approximate surface area is 147 Å². The number of hydrogen-bond acceptors (Lipinski definition) is 6. The minimum absolute atomic E-state index is 0.0385. The first-order valence-corrected chi connectivity index (χ1v) is 8.31. The Morgan fingerprint density at radius 1 is 1.16 bits per heavy atom. The molecule has 0 aliphatic rings. The van der Waals surface area contributed by atoms with Gasteiger partial charge >= 0.3 is 0 Å². The highest BCUT2D eigenvalue weighted by Gasteiger charge is 2.23. The number of rotatable bonds is 7. The SMILES string of the molecule is CCOc1ccc(NC(=O)Cn2nnnc2C(C)(C)C)cc1OCC. The lowest BCUT2D eigenvalue weighted by atomic mass is 9.96. The van der Waals surface area contributed by atoms with E-state index in [0.717, 1.165) is 0 Å². The van der Waals surface area contributed by atoms with Crippen LogP contribution in [0.1, 0.15) is 40.4 Å². The highest BCUT2D eigenvalue weighted by atomic mass is 16.5. The summed E-state index contributed by atoms with van der Waals surface area (Å²) in [6, 6.07) is 5.30. The first kappa shape index (κ1) is 18.7. The topological polar surface area (TPSA) is 91.2 Å². The first-order valence-electron chi connectivity index (χ1n) is 8.31. The van der Waals surface area contributed by atoms with Crippen molar-refractivity contribution < 1.29 is 14.3 Å². The number of anilines is 1. The molecule has 136 valence electrons. The number of nitrogens with zero attached hydrogens (tertiary/aromatic N) is 4. The zero-order valence-electron chi connectivity index (χ0n) is 15.4. The molecule has 8 heteroatoms. The van der Waals surface area contributed by atoms with Gasteiger partial charge in [-0.2, -0.15) is 0 Å². The second-order valence-corrected chi connectivity index (χ2v) is 6.49. The molecule has 1 N–H and O–H groups in total. The molecular weight excluding hydrogens is 322 g/mol. The van der Waals surface area contributed by atoms with Crippen LogP contribution < -0.4 is 14.8 Å². The molecule has 0 atom stereocenters. The minimum atomic E-state index is -0.245. The zero-order chi connectivity index (χ0) is 18.4. The third kappa shape index (κ3) is 4.91. The van der Waals surface area contributed by atoms with Crippen LogP contribution in [0.15, 0.2) is 18.2 Å². The molecule has 0 saturated heterocycles. The number of benzene rings is 1. The minimum Gasteiger partial charge on any atom is -0.490 e. The van der Waals surface area contributed by atoms with Crippen LogP contribution in [0.4, 0.5) is 5.69 Å². The summed E-state index contributed by atoms with van der Waals surface area (Å²) in [5.41, 5.74) is 0.382. The molecule has 0 radical (unpaired) electrons. The summed E-state index contributed by atoms with van der Waals surface area (Å²) < 4.78 is 12.6. The molecule has 0 unspecified atom stereocenters. The molecule has 1 aromatic heterocycles. The van der Waals surface area contributed by atoms with E-state index in [4.69, 9.17) is 9.47 Å². The molecule has 25 heavy (non-hydrogen) atoms. The molecule has 1 heterocycles. The van der Waals surface area contributed by atoms with Gasteiger partial charge in [-0.25, -0.2) is 4.68 Å². The summed E-state index contributed by atoms with van der Waals surface area (Å²) in [5, 5.41) is 14.4. The predicted octanol–water partition coefficient (Wildman–Crippen LogP) is 2.41. The van der Waals surface area contributed by atoms with E-state index in [9.17, 15) is 4.79 Å². The van der Waals surface area contributed by atoms with E-state index in [-0.39, 0.29) is 17.9 Å². The van der Waals surface area contributed by atoms with Crippen LogP contribution in [0.3, 0.4) is 0 Å². The molecule has 0 spiro atoms. The molecule has 2 aromatic rings. The fourth-order valence-corrected chi connectivity index (χ4v) is 2.31. The van der Waals surface area contributed by atoms with Crippen molar-refractivity contribution in [1.82, 2.24) is 20.2 Å². The number of carbonyl (C=O) groups is 1. The average Bonchev–Trinajstić information content (AvgIpc) is 2.98. The third-order valence-electron chi connectivity index (χ3n) is 3.32. The molecule has 1 amide bonds. The Morgan fingerprint density at radius 3 is 2.48 bits per heavy atom. The predicted molar refractivity (Wildman–Crippen MR) is 93.9 cm³/mol. The first-order chi connectivity index (χ1) is 11.8. The van der Waals surface area contributed by atoms with Crippen LogP contribution in [0.25, 0.3) is 0 Å². The number of nitrogens with one attached hydrogen (secondary N) is 1. The summed E-state index contributed by atoms with van der Waals surface area (Å²) in [6.45, 7) is 10.9. The van der Waals surface area contributed by atoms with E-state index in [1.165, 1.54) is 4.68 Å². The molecule has 0 fully saturated rings. The van der Waals surface area contributed by atoms with E-state index in [1.54, 1.807) is 18.2 Å². The van der Waals surface area contributed by atoms with Crippen LogP contribution in [0, 0.1) is 0 Å². The average molecular weight is 347 g/mol. The molecule has 0 bridgehead atoms. The lowest BCUT2D eigenvalue weighted by molar-refractivity contribution is -0.117. The van der Waals surface area contributed by atoms with Gasteiger partial charge in [-0.05, 0) is 36.4 Å². The number of ether oxygens (including phenoxy) is 2. The van der Waals surface area contributed by atoms with Gasteiger partial charge in [0, 0.05) is 17.2 Å². The summed E-state index contributed by atoms with van der Waals surface area (Å²) >= 11 is 0. The maximum absolute atomic E-state index is 12.3. The quantitative estimate of drug-likeness (QED) is 0.827. The van der Waals surface area contributed by atoms with E-state index in [0.29, 0.717) is 36.2 Å². The molecular formula is C17H25N5O3. The smallest absolute Gasteiger partial charge is 0.246 e. The van der Waals surface area contributed by atoms with Crippen LogP contribution >= 0.6 is 0 Å². The van der Waals surface area contributed by atoms with Gasteiger partial charge in [0.2, 0.25) is 5.91 Å². The van der Waals surface area contributed by atoms with Crippen LogP contribution in [-0.4, -0.2) is 39.3 Å². The van der Waals surface area contributed by atoms with Crippen LogP contribution in [0.2, 0.25) is 0 Å². The zero-order valence-corrected chi connectivity index (χ0v) is 15.4. The maximum Gasteiger partial charge on any atom is 0.246 e. The standard InChI is InChI=1S/C17H25N5O3/c1-6-24-13-9-8-12(10-14(13)25-7-2)18-15(23)11-22-16(17(3,4)5)19-20-21-22/h8-10H,6-7,11H2,1-5H3,(H,18,23). The largest absolute Gasteiger partial charge is 0.490 e. The Hall–Kier alpha value is -2.64. The number of tetrazole rings is 1. The fraction of sp³-hybridized carbons (Fsp3) is 0.529. The lowest BCUT2D eigenvalue weighted by Crippen LogP contribution is -2.25. The normalized spacial score (nSPS) is 11.2. The number of aromatic nitrogens is 4. The third-order valence-corrected chi connectivity index (χ3v) is 3.32. The Bertz CT molecular complexity index is 721. The van der Waals surface area contributed by atoms with Crippen molar-refractivity contribution in [3.05, 3.63) is 24.0 Å². The van der Waals surface area contributed by atoms with Gasteiger partial charge in [0.15, 0.2) is 17.3 Å². The Balaban J connectivity index is 2.10. The van der Waals surface area contributed by atoms with Gasteiger partial charge in [0.25, 0.3) is 0 Å². The van der Waals surface area contributed by atoms with Crippen molar-refractivity contribution in [2.45, 2.75) is 46.6 Å². The van der Waals surface area contributed by atoms with Gasteiger partial charge < -0.3 is 14.8 Å². The van der Waals surface area contributed by atoms with E-state index in [1.807, 2.05) is 34.6 Å². The molecule has 2 rings (SSSR count). The monoisotopic (exact) mass is 347 g/mol. The van der Waals surface area contributed by atoms with E-state index < -0.39 is 0 Å². The van der Waals surface area contributed by atoms with E-state index >= 15 is 0 Å². The van der Waals surface area contributed by atoms with Crippen molar-refractivity contribution in [3.63, 3.8) is 0 Å². The number of hydrogen-bond donors (Lipinski definition) is 1. The number of amides is 1. The second-order valence-electron chi connectivity index (χ2n) is 6.49. The molecule has 0 saturated carbocycles. The molecule has 8 nitrogen and oxygen atoms in total. The second kappa shape index (κ2) is 7.96. The van der Waals surface area contributed by atoms with Crippen molar-refractivity contribution >= 4 is 11.6 Å². The van der Waals surface area contributed by atoms with Gasteiger partial charge in [-0.1, -0.05) is 20.8 Å².